The first-order valence-corrected chi connectivity index (χ1v) is 22.9. The van der Waals surface area contributed by atoms with Crippen LogP contribution in [0.3, 0.4) is 0 Å². The number of ketones is 1. The molecule has 4 bridgehead atoms. The van der Waals surface area contributed by atoms with Crippen LogP contribution in [0.25, 0.3) is 10.8 Å². The molecule has 2 spiro atoms. The van der Waals surface area contributed by atoms with Crippen LogP contribution in [0.1, 0.15) is 124 Å². The molecule has 12 nitrogen and oxygen atoms in total. The number of nitrogens with zero attached hydrogens (tertiary/aromatic N) is 5. The number of amides is 2. The number of aryl methyl sites for hydroxylation is 2. The molecule has 3 aromatic rings. The number of aliphatic hydroxyl groups is 2. The highest BCUT2D eigenvalue weighted by Gasteiger charge is 2.81. The smallest absolute Gasteiger partial charge is 0.261 e. The van der Waals surface area contributed by atoms with E-state index < -0.39 is 47.3 Å². The Labute approximate surface area is 352 Å². The van der Waals surface area contributed by atoms with Gasteiger partial charge in [0.05, 0.1) is 29.4 Å². The fraction of sp³-hybridized carbons (Fsp3) is 0.646. The minimum absolute atomic E-state index is 0.0108. The van der Waals surface area contributed by atoms with Crippen molar-refractivity contribution in [1.82, 2.24) is 19.9 Å². The number of aliphatic hydroxyl groups excluding tert-OH is 2. The average Bonchev–Trinajstić information content (AvgIpc) is 3.74. The summed E-state index contributed by atoms with van der Waals surface area (Å²) in [4.78, 5) is 45.1. The van der Waals surface area contributed by atoms with Gasteiger partial charge in [0.1, 0.15) is 0 Å². The van der Waals surface area contributed by atoms with Crippen molar-refractivity contribution in [3.05, 3.63) is 65.5 Å². The summed E-state index contributed by atoms with van der Waals surface area (Å²) in [5.74, 6) is -1.14. The Morgan fingerprint density at radius 3 is 2.50 bits per heavy atom. The van der Waals surface area contributed by atoms with Gasteiger partial charge in [0.2, 0.25) is 0 Å². The number of ether oxygens (including phenoxy) is 2. The third-order valence-corrected chi connectivity index (χ3v) is 16.3. The summed E-state index contributed by atoms with van der Waals surface area (Å²) in [6.45, 7) is 12.1. The Balaban J connectivity index is 0.703. The number of Topliss-reactive ketones (excluding diaryl/α,β-unsaturated/α-hetero) is 1. The molecule has 60 heavy (non-hydrogen) atoms. The maximum atomic E-state index is 14.0. The Hall–Kier alpha value is -3.97. The number of fused-ring (bicyclic) bond motifs is 2. The van der Waals surface area contributed by atoms with Crippen LogP contribution in [0.15, 0.2) is 48.7 Å². The van der Waals surface area contributed by atoms with E-state index in [2.05, 4.69) is 41.7 Å². The van der Waals surface area contributed by atoms with E-state index >= 15 is 0 Å². The molecule has 5 heterocycles. The van der Waals surface area contributed by atoms with Crippen LogP contribution in [-0.2, 0) is 27.2 Å². The van der Waals surface area contributed by atoms with E-state index in [9.17, 15) is 24.6 Å². The lowest BCUT2D eigenvalue weighted by molar-refractivity contribution is -0.402. The number of imide groups is 1. The van der Waals surface area contributed by atoms with Crippen molar-refractivity contribution in [2.24, 2.45) is 34.0 Å². The topological polar surface area (TPSA) is 147 Å². The molecule has 2 N–H and O–H groups in total. The predicted molar refractivity (Wildman–Crippen MR) is 225 cm³/mol. The van der Waals surface area contributed by atoms with Gasteiger partial charge in [-0.25, -0.2) is 0 Å². The van der Waals surface area contributed by atoms with E-state index in [1.54, 1.807) is 4.68 Å². The van der Waals surface area contributed by atoms with Gasteiger partial charge in [0, 0.05) is 83.8 Å². The number of hydrogen-bond acceptors (Lipinski definition) is 10. The highest BCUT2D eigenvalue weighted by molar-refractivity contribution is 6.26. The minimum atomic E-state index is -1.13. The van der Waals surface area contributed by atoms with Gasteiger partial charge in [-0.05, 0) is 106 Å². The molecule has 2 aromatic carbocycles. The van der Waals surface area contributed by atoms with Gasteiger partial charge in [0.15, 0.2) is 12.1 Å². The second-order valence-corrected chi connectivity index (χ2v) is 19.9. The third kappa shape index (κ3) is 5.93. The average molecular weight is 820 g/mol. The zero-order valence-electron chi connectivity index (χ0n) is 35.3. The van der Waals surface area contributed by atoms with Crippen molar-refractivity contribution in [3.8, 4) is 0 Å². The van der Waals surface area contributed by atoms with Crippen LogP contribution in [0, 0.1) is 34.0 Å². The number of rotatable bonds is 13. The van der Waals surface area contributed by atoms with Crippen LogP contribution < -0.4 is 4.90 Å². The third-order valence-electron chi connectivity index (χ3n) is 16.3. The van der Waals surface area contributed by atoms with Crippen molar-refractivity contribution in [2.75, 3.05) is 31.1 Å². The monoisotopic (exact) mass is 819 g/mol. The maximum absolute atomic E-state index is 14.0. The van der Waals surface area contributed by atoms with Gasteiger partial charge in [-0.15, -0.1) is 5.10 Å². The van der Waals surface area contributed by atoms with Crippen LogP contribution >= 0.6 is 0 Å². The number of hydrogen-bond donors (Lipinski definition) is 2. The lowest BCUT2D eigenvalue weighted by Crippen LogP contribution is -2.78. The van der Waals surface area contributed by atoms with Crippen molar-refractivity contribution in [2.45, 2.75) is 135 Å². The highest BCUT2D eigenvalue weighted by atomic mass is 16.7. The predicted octanol–water partition coefficient (Wildman–Crippen LogP) is 6.65. The highest BCUT2D eigenvalue weighted by Crippen LogP contribution is 2.75. The van der Waals surface area contributed by atoms with Crippen LogP contribution in [0.4, 0.5) is 5.69 Å². The Kier molecular flexibility index (Phi) is 10.1. The maximum Gasteiger partial charge on any atom is 0.261 e. The Morgan fingerprint density at radius 2 is 1.68 bits per heavy atom. The number of piperidine rings is 1. The molecule has 4 saturated carbocycles. The lowest BCUT2D eigenvalue weighted by atomic mass is 9.37. The van der Waals surface area contributed by atoms with Crippen molar-refractivity contribution < 1.29 is 34.1 Å². The van der Waals surface area contributed by atoms with E-state index in [0.717, 1.165) is 99.5 Å². The van der Waals surface area contributed by atoms with E-state index in [1.165, 1.54) is 11.3 Å². The van der Waals surface area contributed by atoms with E-state index in [4.69, 9.17) is 9.47 Å². The molecule has 12 heteroatoms. The van der Waals surface area contributed by atoms with Crippen LogP contribution in [-0.4, -0.2) is 98.5 Å². The molecule has 3 saturated heterocycles. The number of anilines is 1. The first kappa shape index (κ1) is 40.1. The van der Waals surface area contributed by atoms with Gasteiger partial charge >= 0.3 is 0 Å². The first-order valence-electron chi connectivity index (χ1n) is 22.9. The number of carbonyl (C=O) groups is 3. The van der Waals surface area contributed by atoms with E-state index in [-0.39, 0.29) is 28.9 Å². The number of aromatic nitrogens is 3. The molecule has 4 aliphatic heterocycles. The summed E-state index contributed by atoms with van der Waals surface area (Å²) in [6.07, 6.45) is 12.1. The molecule has 0 radical (unpaired) electrons. The normalized spacial score (nSPS) is 34.1. The van der Waals surface area contributed by atoms with Crippen molar-refractivity contribution >= 4 is 34.1 Å². The molecule has 11 rings (SSSR count). The largest absolute Gasteiger partial charge is 0.393 e. The molecule has 0 unspecified atom stereocenters. The van der Waals surface area contributed by atoms with Crippen molar-refractivity contribution in [3.63, 3.8) is 0 Å². The molecule has 4 aliphatic carbocycles. The summed E-state index contributed by atoms with van der Waals surface area (Å²) < 4.78 is 15.2. The lowest BCUT2D eigenvalue weighted by Gasteiger charge is -2.72. The number of unbranched alkanes of at least 4 members (excludes halogenated alkanes) is 3. The Morgan fingerprint density at radius 1 is 0.900 bits per heavy atom. The fourth-order valence-electron chi connectivity index (χ4n) is 13.7. The molecule has 2 amide bonds. The minimum Gasteiger partial charge on any atom is -0.393 e. The molecular weight excluding hydrogens is 759 g/mol. The summed E-state index contributed by atoms with van der Waals surface area (Å²) >= 11 is 0. The van der Waals surface area contributed by atoms with Gasteiger partial charge in [-0.1, -0.05) is 57.0 Å². The zero-order valence-corrected chi connectivity index (χ0v) is 35.3. The first-order chi connectivity index (χ1) is 29.0. The SMILES string of the molecule is C=C1C(=O)[C@]23[C@H](O)[C@H]1C[C@H](O)[C@H]2[C@]12CCCC(C)(C)[C@H]1C[C@H]3O[C@H]2OCCCCCCc1cn(CCCN2C(=O)c3cccc4c(N5CCCCC5)ccc(c34)C2=O)nn1. The number of carbonyl (C=O) groups excluding carboxylic acids is 3. The van der Waals surface area contributed by atoms with E-state index in [0.29, 0.717) is 55.7 Å². The molecule has 9 atom stereocenters. The fourth-order valence-corrected chi connectivity index (χ4v) is 13.7. The summed E-state index contributed by atoms with van der Waals surface area (Å²) in [5, 5.41) is 34.0. The molecular formula is C48H61N5O7. The quantitative estimate of drug-likeness (QED) is 0.109. The van der Waals surface area contributed by atoms with Gasteiger partial charge in [-0.2, -0.15) is 0 Å². The molecule has 1 aromatic heterocycles. The summed E-state index contributed by atoms with van der Waals surface area (Å²) in [7, 11) is 0. The molecule has 8 aliphatic rings. The van der Waals surface area contributed by atoms with Crippen LogP contribution in [0.5, 0.6) is 0 Å². The second kappa shape index (κ2) is 15.1. The Bertz CT molecular complexity index is 2190. The molecule has 7 fully saturated rings. The summed E-state index contributed by atoms with van der Waals surface area (Å²) in [5.41, 5.74) is 2.03. The number of benzene rings is 2. The van der Waals surface area contributed by atoms with Gasteiger partial charge in [0.25, 0.3) is 11.8 Å². The summed E-state index contributed by atoms with van der Waals surface area (Å²) in [6, 6.07) is 9.78. The standard InChI is InChI=1S/C48H61N5O7/c1-29-34-26-36(54)40-47-20-12-19-46(2,3)37(47)27-38(48(40,41(29)55)42(34)56)60-45(47)59-25-10-5-4-7-14-30-28-52(50-49-30)23-13-24-53-43(57)32-16-11-15-31-35(51-21-8-6-9-22-51)18-17-33(39(31)32)44(53)58/h11,15-18,28,34,36-38,40,42,45,54,56H,1,4-10,12-14,19-27H2,2-3H3/t34-,36-,37+,38+,40-,42+,45+,47-,48+/m0/s1. The molecule has 320 valence electrons. The van der Waals surface area contributed by atoms with E-state index in [1.807, 2.05) is 30.5 Å². The van der Waals surface area contributed by atoms with Crippen LogP contribution in [0.2, 0.25) is 0 Å². The van der Waals surface area contributed by atoms with Gasteiger partial charge in [-0.3, -0.25) is 24.0 Å². The van der Waals surface area contributed by atoms with Crippen molar-refractivity contribution in [1.29, 1.82) is 0 Å². The second-order valence-electron chi connectivity index (χ2n) is 19.9. The van der Waals surface area contributed by atoms with Gasteiger partial charge < -0.3 is 24.6 Å². The zero-order chi connectivity index (χ0) is 41.6.